The standard InChI is InChI=1S/C50H79N10O17/c1-37(2)46(55-43(61)12-16-69-18-15-60-44(62)10-11-45(60)63)48(65)54-42(7-6-13-52-49(51)66)47(64)53-40-9-8-38(3)39(33-40)34-58(4)50(67)77-36-41-35-59(57-56-41)14-17-70-21-22-72-25-26-74-29-30-76-32-31-75-28-27-73-24-23-71-20-19-68-5/h8-11,33,35,37,42,46H,3,6-7,12-32,34,36H2,1-2,4-5H3,(H,53,64)(H,54,65)(H,55,61)(H3,51,52,66)/t42-,46-/m0/s1. The van der Waals surface area contributed by atoms with Gasteiger partial charge in [-0.15, -0.1) is 5.10 Å². The van der Waals surface area contributed by atoms with E-state index in [4.69, 9.17) is 53.1 Å². The molecule has 3 rings (SSSR count). The third kappa shape index (κ3) is 28.7. The Morgan fingerprint density at radius 1 is 0.727 bits per heavy atom. The van der Waals surface area contributed by atoms with E-state index in [1.807, 2.05) is 0 Å². The van der Waals surface area contributed by atoms with Crippen molar-refractivity contribution in [1.29, 1.82) is 0 Å². The molecule has 0 saturated carbocycles. The van der Waals surface area contributed by atoms with Crippen LogP contribution in [0.2, 0.25) is 0 Å². The number of imide groups is 1. The number of anilines is 1. The fourth-order valence-electron chi connectivity index (χ4n) is 6.78. The predicted octanol–water partition coefficient (Wildman–Crippen LogP) is 0.336. The molecule has 0 fully saturated rings. The van der Waals surface area contributed by atoms with Crippen LogP contribution in [0.4, 0.5) is 15.3 Å². The lowest BCUT2D eigenvalue weighted by atomic mass is 10.0. The lowest BCUT2D eigenvalue weighted by Gasteiger charge is -2.25. The highest BCUT2D eigenvalue weighted by atomic mass is 16.6. The maximum atomic E-state index is 13.8. The summed E-state index contributed by atoms with van der Waals surface area (Å²) in [4.78, 5) is 90.4. The number of ether oxygens (including phenoxy) is 10. The van der Waals surface area contributed by atoms with Crippen molar-refractivity contribution in [3.8, 4) is 0 Å². The number of nitrogens with zero attached hydrogens (tertiary/aromatic N) is 5. The number of amides is 8. The zero-order valence-electron chi connectivity index (χ0n) is 44.8. The molecule has 0 bridgehead atoms. The Balaban J connectivity index is 1.33. The van der Waals surface area contributed by atoms with Crippen LogP contribution < -0.4 is 27.0 Å². The summed E-state index contributed by atoms with van der Waals surface area (Å²) in [6, 6.07) is 2.04. The number of urea groups is 1. The van der Waals surface area contributed by atoms with E-state index in [2.05, 4.69) is 38.5 Å². The maximum absolute atomic E-state index is 13.8. The predicted molar refractivity (Wildman–Crippen MR) is 276 cm³/mol. The van der Waals surface area contributed by atoms with Crippen LogP contribution in [0.1, 0.15) is 49.9 Å². The Kier molecular flexibility index (Phi) is 33.2. The quantitative estimate of drug-likeness (QED) is 0.0441. The Hall–Kier alpha value is -6.17. The van der Waals surface area contributed by atoms with E-state index in [1.165, 1.54) is 17.1 Å². The number of aromatic nitrogens is 3. The van der Waals surface area contributed by atoms with Crippen LogP contribution in [0.3, 0.4) is 0 Å². The van der Waals surface area contributed by atoms with Crippen LogP contribution in [0, 0.1) is 12.8 Å². The van der Waals surface area contributed by atoms with Crippen molar-refractivity contribution < 1.29 is 80.9 Å². The molecule has 1 aliphatic heterocycles. The summed E-state index contributed by atoms with van der Waals surface area (Å²) in [5, 5.41) is 18.8. The average Bonchev–Trinajstić information content (AvgIpc) is 4.00. The van der Waals surface area contributed by atoms with Gasteiger partial charge in [-0.25, -0.2) is 14.3 Å². The van der Waals surface area contributed by atoms with Crippen LogP contribution >= 0.6 is 0 Å². The first-order valence-corrected chi connectivity index (χ1v) is 25.5. The molecule has 27 heteroatoms. The van der Waals surface area contributed by atoms with Gasteiger partial charge in [-0.3, -0.25) is 28.9 Å². The first kappa shape index (κ1) is 65.1. The molecule has 1 aliphatic rings. The molecule has 1 aromatic heterocycles. The van der Waals surface area contributed by atoms with Crippen molar-refractivity contribution in [2.24, 2.45) is 11.7 Å². The molecule has 0 aliphatic carbocycles. The van der Waals surface area contributed by atoms with Gasteiger partial charge in [0.1, 0.15) is 24.4 Å². The normalized spacial score (nSPS) is 13.0. The molecule has 27 nitrogen and oxygen atoms in total. The van der Waals surface area contributed by atoms with Crippen LogP contribution in [-0.2, 0) is 91.0 Å². The molecular weight excluding hydrogens is 1010 g/mol. The van der Waals surface area contributed by atoms with E-state index in [9.17, 15) is 33.6 Å². The van der Waals surface area contributed by atoms with Gasteiger partial charge in [0.15, 0.2) is 0 Å². The van der Waals surface area contributed by atoms with Crippen molar-refractivity contribution >= 4 is 47.3 Å². The molecular formula is C50H79N10O17. The first-order valence-electron chi connectivity index (χ1n) is 25.5. The van der Waals surface area contributed by atoms with Gasteiger partial charge in [0.25, 0.3) is 11.8 Å². The van der Waals surface area contributed by atoms with Crippen LogP contribution in [0.25, 0.3) is 0 Å². The van der Waals surface area contributed by atoms with Gasteiger partial charge in [-0.1, -0.05) is 25.1 Å². The average molecular weight is 1090 g/mol. The fraction of sp³-hybridized carbons (Fsp3) is 0.640. The highest BCUT2D eigenvalue weighted by molar-refractivity contribution is 6.12. The molecule has 0 spiro atoms. The number of hydrogen-bond donors (Lipinski definition) is 5. The van der Waals surface area contributed by atoms with E-state index in [-0.39, 0.29) is 64.6 Å². The lowest BCUT2D eigenvalue weighted by molar-refractivity contribution is -0.138. The van der Waals surface area contributed by atoms with E-state index in [0.29, 0.717) is 128 Å². The number of nitrogens with two attached hydrogens (primary N) is 1. The van der Waals surface area contributed by atoms with Gasteiger partial charge in [0.05, 0.1) is 132 Å². The number of rotatable bonds is 44. The van der Waals surface area contributed by atoms with Crippen molar-refractivity contribution in [1.82, 2.24) is 40.7 Å². The Morgan fingerprint density at radius 3 is 1.83 bits per heavy atom. The molecule has 2 heterocycles. The summed E-state index contributed by atoms with van der Waals surface area (Å²) in [7, 11) is 3.17. The minimum atomic E-state index is -1.11. The van der Waals surface area contributed by atoms with Crippen molar-refractivity contribution in [3.63, 3.8) is 0 Å². The second-order valence-corrected chi connectivity index (χ2v) is 17.4. The Labute approximate surface area is 449 Å². The number of nitrogens with one attached hydrogen (secondary N) is 4. The second-order valence-electron chi connectivity index (χ2n) is 17.4. The third-order valence-corrected chi connectivity index (χ3v) is 11.0. The summed E-state index contributed by atoms with van der Waals surface area (Å²) in [6.07, 6.45) is 3.57. The number of carbonyl (C=O) groups excluding carboxylic acids is 7. The molecule has 2 aromatic rings. The van der Waals surface area contributed by atoms with E-state index < -0.39 is 53.7 Å². The summed E-state index contributed by atoms with van der Waals surface area (Å²) in [5.41, 5.74) is 7.16. The van der Waals surface area contributed by atoms with Crippen LogP contribution in [-0.4, -0.2) is 218 Å². The summed E-state index contributed by atoms with van der Waals surface area (Å²) in [6.45, 7) is 14.9. The number of primary amides is 1. The zero-order chi connectivity index (χ0) is 56.0. The highest BCUT2D eigenvalue weighted by Crippen LogP contribution is 2.19. The van der Waals surface area contributed by atoms with Crippen molar-refractivity contribution in [2.45, 2.75) is 64.9 Å². The summed E-state index contributed by atoms with van der Waals surface area (Å²) < 4.78 is 55.8. The monoisotopic (exact) mass is 1090 g/mol. The Morgan fingerprint density at radius 2 is 1.27 bits per heavy atom. The molecule has 0 unspecified atom stereocenters. The molecule has 1 aromatic carbocycles. The van der Waals surface area contributed by atoms with Gasteiger partial charge in [-0.2, -0.15) is 0 Å². The van der Waals surface area contributed by atoms with E-state index in [0.717, 1.165) is 4.90 Å². The van der Waals surface area contributed by atoms with Crippen molar-refractivity contribution in [3.05, 3.63) is 60.3 Å². The number of hydrogen-bond acceptors (Lipinski definition) is 19. The molecule has 431 valence electrons. The third-order valence-electron chi connectivity index (χ3n) is 11.0. The topological polar surface area (TPSA) is 323 Å². The second kappa shape index (κ2) is 39.2. The molecule has 2 atom stereocenters. The highest BCUT2D eigenvalue weighted by Gasteiger charge is 2.29. The number of methoxy groups -OCH3 is 1. The largest absolute Gasteiger partial charge is 0.443 e. The molecule has 1 radical (unpaired) electrons. The van der Waals surface area contributed by atoms with Crippen molar-refractivity contribution in [2.75, 3.05) is 145 Å². The van der Waals surface area contributed by atoms with Gasteiger partial charge in [0.2, 0.25) is 17.7 Å². The molecule has 8 amide bonds. The molecule has 6 N–H and O–H groups in total. The fourth-order valence-corrected chi connectivity index (χ4v) is 6.78. The maximum Gasteiger partial charge on any atom is 0.410 e. The van der Waals surface area contributed by atoms with Crippen LogP contribution in [0.5, 0.6) is 0 Å². The zero-order valence-corrected chi connectivity index (χ0v) is 44.8. The lowest BCUT2D eigenvalue weighted by Crippen LogP contribution is -2.54. The summed E-state index contributed by atoms with van der Waals surface area (Å²) >= 11 is 0. The molecule has 77 heavy (non-hydrogen) atoms. The Bertz CT molecular complexity index is 2090. The van der Waals surface area contributed by atoms with E-state index in [1.54, 1.807) is 57.1 Å². The minimum Gasteiger partial charge on any atom is -0.443 e. The summed E-state index contributed by atoms with van der Waals surface area (Å²) in [5.74, 6) is -2.97. The van der Waals surface area contributed by atoms with Gasteiger partial charge in [-0.05, 0) is 48.9 Å². The number of benzene rings is 1. The van der Waals surface area contributed by atoms with Crippen LogP contribution in [0.15, 0.2) is 36.5 Å². The van der Waals surface area contributed by atoms with E-state index >= 15 is 0 Å². The minimum absolute atomic E-state index is 0.0239. The van der Waals surface area contributed by atoms with Gasteiger partial charge in [0, 0.05) is 51.5 Å². The van der Waals surface area contributed by atoms with Gasteiger partial charge < -0.3 is 79.3 Å². The first-order chi connectivity index (χ1) is 37.2. The number of carbonyl (C=O) groups is 7. The smallest absolute Gasteiger partial charge is 0.410 e. The van der Waals surface area contributed by atoms with Gasteiger partial charge >= 0.3 is 12.1 Å². The molecule has 0 saturated heterocycles. The SMILES string of the molecule is [CH2]c1ccc(NC(=O)[C@H](CCCNC(N)=O)NC(=O)[C@@H](NC(=O)CCOCCN2C(=O)C=CC2=O)C(C)C)cc1CN(C)C(=O)OCc1cn(CCOCCOCCOCCOCCOCCOCCOCCOC)nn1.